The van der Waals surface area contributed by atoms with Crippen molar-refractivity contribution in [2.45, 2.75) is 25.6 Å². The lowest BCUT2D eigenvalue weighted by Gasteiger charge is -2.25. The van der Waals surface area contributed by atoms with Gasteiger partial charge in [-0.2, -0.15) is 24.9 Å². The maximum atomic E-state index is 13.6. The average Bonchev–Trinajstić information content (AvgIpc) is 3.18. The van der Waals surface area contributed by atoms with Crippen LogP contribution >= 0.6 is 23.1 Å². The van der Waals surface area contributed by atoms with E-state index in [0.29, 0.717) is 18.0 Å². The normalized spacial score (nSPS) is 16.2. The molecule has 1 amide bonds. The van der Waals surface area contributed by atoms with Crippen LogP contribution in [-0.2, 0) is 12.6 Å². The van der Waals surface area contributed by atoms with Gasteiger partial charge in [0.25, 0.3) is 5.91 Å². The van der Waals surface area contributed by atoms with Crippen LogP contribution in [0.5, 0.6) is 0 Å². The van der Waals surface area contributed by atoms with Gasteiger partial charge in [0.15, 0.2) is 5.69 Å². The summed E-state index contributed by atoms with van der Waals surface area (Å²) in [7, 11) is 3.80. The smallest absolute Gasteiger partial charge is 0.378 e. The molecular weight excluding hydrogens is 445 g/mol. The number of hydrogen-bond acceptors (Lipinski definition) is 6. The summed E-state index contributed by atoms with van der Waals surface area (Å²) in [6.07, 6.45) is -4.26. The second-order valence-corrected chi connectivity index (χ2v) is 9.98. The van der Waals surface area contributed by atoms with Crippen LogP contribution in [0.2, 0.25) is 0 Å². The topological polar surface area (TPSA) is 48.5 Å². The first kappa shape index (κ1) is 23.9. The molecule has 1 unspecified atom stereocenters. The van der Waals surface area contributed by atoms with Gasteiger partial charge in [0, 0.05) is 57.3 Å². The van der Waals surface area contributed by atoms with Gasteiger partial charge in [-0.25, -0.2) is 4.98 Å². The molecule has 2 aromatic rings. The molecule has 1 aliphatic rings. The minimum absolute atomic E-state index is 0.345. The van der Waals surface area contributed by atoms with Crippen molar-refractivity contribution in [2.75, 3.05) is 50.1 Å². The van der Waals surface area contributed by atoms with E-state index in [1.165, 1.54) is 0 Å². The molecule has 0 saturated carbocycles. The largest absolute Gasteiger partial charge is 0.435 e. The zero-order chi connectivity index (χ0) is 22.6. The van der Waals surface area contributed by atoms with Crippen LogP contribution in [0.4, 0.5) is 18.9 Å². The van der Waals surface area contributed by atoms with Crippen molar-refractivity contribution in [1.29, 1.82) is 0 Å². The van der Waals surface area contributed by atoms with Crippen LogP contribution in [0.25, 0.3) is 0 Å². The number of carbonyl (C=O) groups excluding carboxylic acids is 1. The van der Waals surface area contributed by atoms with E-state index in [1.807, 2.05) is 55.0 Å². The minimum atomic E-state index is -4.67. The summed E-state index contributed by atoms with van der Waals surface area (Å²) >= 11 is 2.73. The highest BCUT2D eigenvalue weighted by molar-refractivity contribution is 7.99. The first-order valence-electron chi connectivity index (χ1n) is 10.1. The van der Waals surface area contributed by atoms with Crippen LogP contribution in [0.15, 0.2) is 24.3 Å². The molecule has 1 atom stereocenters. The molecule has 0 aliphatic carbocycles. The lowest BCUT2D eigenvalue weighted by molar-refractivity contribution is -0.141. The number of nitrogens with zero attached hydrogens (tertiary/aromatic N) is 3. The Morgan fingerprint density at radius 2 is 2.00 bits per heavy atom. The van der Waals surface area contributed by atoms with Crippen molar-refractivity contribution in [2.24, 2.45) is 0 Å². The summed E-state index contributed by atoms with van der Waals surface area (Å²) in [5.41, 5.74) is 0.681. The third kappa shape index (κ3) is 6.36. The first-order valence-corrected chi connectivity index (χ1v) is 12.1. The molecule has 10 heteroatoms. The summed E-state index contributed by atoms with van der Waals surface area (Å²) in [5, 5.41) is 3.06. The number of amides is 1. The number of rotatable bonds is 7. The number of halogens is 3. The van der Waals surface area contributed by atoms with Crippen molar-refractivity contribution in [3.05, 3.63) is 45.4 Å². The molecule has 2 heterocycles. The van der Waals surface area contributed by atoms with Crippen molar-refractivity contribution in [3.63, 3.8) is 0 Å². The number of aromatic nitrogens is 1. The molecule has 0 bridgehead atoms. The van der Waals surface area contributed by atoms with Crippen LogP contribution in [0.3, 0.4) is 0 Å². The van der Waals surface area contributed by atoms with Gasteiger partial charge >= 0.3 is 6.18 Å². The Morgan fingerprint density at radius 3 is 2.65 bits per heavy atom. The van der Waals surface area contributed by atoms with Gasteiger partial charge in [-0.3, -0.25) is 4.79 Å². The first-order chi connectivity index (χ1) is 14.6. The van der Waals surface area contributed by atoms with Crippen molar-refractivity contribution in [1.82, 2.24) is 15.2 Å². The van der Waals surface area contributed by atoms with Crippen LogP contribution in [-0.4, -0.2) is 61.0 Å². The van der Waals surface area contributed by atoms with E-state index in [9.17, 15) is 18.0 Å². The summed E-state index contributed by atoms with van der Waals surface area (Å²) in [5.74, 6) is 1.33. The average molecular weight is 473 g/mol. The molecule has 5 nitrogen and oxygen atoms in total. The lowest BCUT2D eigenvalue weighted by Crippen LogP contribution is -2.34. The van der Waals surface area contributed by atoms with E-state index >= 15 is 0 Å². The number of nitrogens with one attached hydrogen (secondary N) is 1. The highest BCUT2D eigenvalue weighted by atomic mass is 32.2. The molecule has 1 aromatic carbocycles. The number of thiazole rings is 1. The number of alkyl halides is 3. The van der Waals surface area contributed by atoms with Crippen LogP contribution in [0, 0.1) is 0 Å². The molecule has 1 aromatic heterocycles. The maximum absolute atomic E-state index is 13.6. The Morgan fingerprint density at radius 1 is 1.29 bits per heavy atom. The number of benzene rings is 1. The third-order valence-corrected chi connectivity index (χ3v) is 7.18. The second-order valence-electron chi connectivity index (χ2n) is 7.67. The van der Waals surface area contributed by atoms with Crippen molar-refractivity contribution in [3.8, 4) is 0 Å². The van der Waals surface area contributed by atoms with Gasteiger partial charge in [-0.1, -0.05) is 12.1 Å². The molecule has 170 valence electrons. The van der Waals surface area contributed by atoms with Gasteiger partial charge in [0.1, 0.15) is 4.88 Å². The van der Waals surface area contributed by atoms with Gasteiger partial charge in [0.2, 0.25) is 0 Å². The summed E-state index contributed by atoms with van der Waals surface area (Å²) < 4.78 is 40.7. The van der Waals surface area contributed by atoms with Crippen LogP contribution < -0.4 is 10.2 Å². The lowest BCUT2D eigenvalue weighted by atomic mass is 10.1. The zero-order valence-corrected chi connectivity index (χ0v) is 19.5. The Kier molecular flexibility index (Phi) is 7.87. The predicted octanol–water partition coefficient (Wildman–Crippen LogP) is 4.31. The van der Waals surface area contributed by atoms with Gasteiger partial charge < -0.3 is 15.1 Å². The molecular formula is C21H27F3N4OS2. The van der Waals surface area contributed by atoms with Crippen LogP contribution in [0.1, 0.15) is 38.9 Å². The highest BCUT2D eigenvalue weighted by Gasteiger charge is 2.39. The second kappa shape index (κ2) is 10.2. The third-order valence-electron chi connectivity index (χ3n) is 5.13. The number of carbonyl (C=O) groups is 1. The highest BCUT2D eigenvalue weighted by Crippen LogP contribution is 2.35. The Balaban J connectivity index is 1.74. The van der Waals surface area contributed by atoms with E-state index in [1.54, 1.807) is 6.92 Å². The SMILES string of the molecule is CC(NC(=O)c1sc(CCN2CCSCC2)nc1C(F)(F)F)c1cccc(N(C)C)c1. The fraction of sp³-hybridized carbons (Fsp3) is 0.524. The van der Waals surface area contributed by atoms with E-state index in [2.05, 4.69) is 15.2 Å². The molecule has 0 spiro atoms. The van der Waals surface area contributed by atoms with Gasteiger partial charge in [-0.15, -0.1) is 11.3 Å². The van der Waals surface area contributed by atoms with Gasteiger partial charge in [0.05, 0.1) is 11.0 Å². The molecule has 0 radical (unpaired) electrons. The molecule has 1 saturated heterocycles. The summed E-state index contributed by atoms with van der Waals surface area (Å²) in [6.45, 7) is 4.27. The number of thioether (sulfide) groups is 1. The predicted molar refractivity (Wildman–Crippen MR) is 121 cm³/mol. The van der Waals surface area contributed by atoms with E-state index in [0.717, 1.165) is 47.2 Å². The number of anilines is 1. The molecule has 1 N–H and O–H groups in total. The Hall–Kier alpha value is -1.78. The molecule has 1 fully saturated rings. The van der Waals surface area contributed by atoms with Crippen molar-refractivity contribution < 1.29 is 18.0 Å². The fourth-order valence-corrected chi connectivity index (χ4v) is 5.27. The fourth-order valence-electron chi connectivity index (χ4n) is 3.31. The minimum Gasteiger partial charge on any atom is -0.378 e. The zero-order valence-electron chi connectivity index (χ0n) is 17.8. The van der Waals surface area contributed by atoms with E-state index < -0.39 is 23.8 Å². The standard InChI is InChI=1S/C21H27F3N4OS2/c1-14(15-5-4-6-16(13-15)27(2)3)25-20(29)18-19(21(22,23)24)26-17(31-18)7-8-28-9-11-30-12-10-28/h4-6,13-14H,7-12H2,1-3H3,(H,25,29). The Labute approximate surface area is 189 Å². The number of hydrogen-bond donors (Lipinski definition) is 1. The van der Waals surface area contributed by atoms with Crippen molar-refractivity contribution >= 4 is 34.7 Å². The summed E-state index contributed by atoms with van der Waals surface area (Å²) in [4.78, 5) is 20.4. The van der Waals surface area contributed by atoms with Gasteiger partial charge in [-0.05, 0) is 24.6 Å². The van der Waals surface area contributed by atoms with E-state index in [4.69, 9.17) is 0 Å². The summed E-state index contributed by atoms with van der Waals surface area (Å²) in [6, 6.07) is 7.10. The molecule has 3 rings (SSSR count). The quantitative estimate of drug-likeness (QED) is 0.651. The maximum Gasteiger partial charge on any atom is 0.435 e. The molecule has 1 aliphatic heterocycles. The molecule has 31 heavy (non-hydrogen) atoms. The van der Waals surface area contributed by atoms with E-state index in [-0.39, 0.29) is 4.88 Å². The monoisotopic (exact) mass is 472 g/mol. The Bertz CT molecular complexity index is 895.